The van der Waals surface area contributed by atoms with Crippen molar-refractivity contribution in [2.45, 2.75) is 19.5 Å². The highest BCUT2D eigenvalue weighted by Gasteiger charge is 1.99. The predicted molar refractivity (Wildman–Crippen MR) is 60.3 cm³/mol. The van der Waals surface area contributed by atoms with Crippen LogP contribution in [0.25, 0.3) is 0 Å². The Labute approximate surface area is 89.6 Å². The van der Waals surface area contributed by atoms with Crippen molar-refractivity contribution in [2.75, 3.05) is 0 Å². The largest absolute Gasteiger partial charge is 0.337 e. The molecule has 3 heteroatoms. The van der Waals surface area contributed by atoms with E-state index in [2.05, 4.69) is 27.8 Å². The maximum Gasteiger partial charge on any atom is 0.0946 e. The van der Waals surface area contributed by atoms with E-state index in [0.717, 1.165) is 13.0 Å². The molecule has 0 saturated carbocycles. The number of benzene rings is 1. The highest BCUT2D eigenvalue weighted by atomic mass is 15.0. The van der Waals surface area contributed by atoms with Crippen LogP contribution in [0.3, 0.4) is 0 Å². The van der Waals surface area contributed by atoms with Crippen LogP contribution in [-0.4, -0.2) is 9.55 Å². The van der Waals surface area contributed by atoms with E-state index in [1.807, 2.05) is 18.6 Å². The fourth-order valence-corrected chi connectivity index (χ4v) is 1.67. The number of hydrogen-bond donors (Lipinski definition) is 1. The lowest BCUT2D eigenvalue weighted by atomic mass is 10.0. The van der Waals surface area contributed by atoms with Gasteiger partial charge in [-0.1, -0.05) is 24.3 Å². The second-order valence-corrected chi connectivity index (χ2v) is 3.52. The predicted octanol–water partition coefficient (Wildman–Crippen LogP) is 1.58. The summed E-state index contributed by atoms with van der Waals surface area (Å²) < 4.78 is 2.08. The molecule has 0 bridgehead atoms. The number of hydrogen-bond acceptors (Lipinski definition) is 2. The Hall–Kier alpha value is -1.61. The number of nitrogens with two attached hydrogens (primary N) is 1. The van der Waals surface area contributed by atoms with Gasteiger partial charge < -0.3 is 10.3 Å². The maximum atomic E-state index is 5.68. The van der Waals surface area contributed by atoms with Gasteiger partial charge in [-0.3, -0.25) is 0 Å². The van der Waals surface area contributed by atoms with Crippen LogP contribution in [0.5, 0.6) is 0 Å². The van der Waals surface area contributed by atoms with Crippen molar-refractivity contribution in [1.82, 2.24) is 9.55 Å². The number of nitrogens with zero attached hydrogens (tertiary/aromatic N) is 2. The maximum absolute atomic E-state index is 5.68. The van der Waals surface area contributed by atoms with Gasteiger partial charge in [0, 0.05) is 25.5 Å². The van der Waals surface area contributed by atoms with E-state index in [1.165, 1.54) is 11.1 Å². The first-order valence-corrected chi connectivity index (χ1v) is 5.13. The summed E-state index contributed by atoms with van der Waals surface area (Å²) in [6.07, 6.45) is 6.62. The molecule has 0 aliphatic rings. The van der Waals surface area contributed by atoms with Gasteiger partial charge >= 0.3 is 0 Å². The third-order valence-corrected chi connectivity index (χ3v) is 2.54. The van der Waals surface area contributed by atoms with Crippen molar-refractivity contribution in [3.05, 3.63) is 54.1 Å². The van der Waals surface area contributed by atoms with Gasteiger partial charge in [-0.05, 0) is 17.5 Å². The lowest BCUT2D eigenvalue weighted by molar-refractivity contribution is 0.691. The Bertz CT molecular complexity index is 407. The van der Waals surface area contributed by atoms with Gasteiger partial charge in [0.15, 0.2) is 0 Å². The molecule has 0 aliphatic carbocycles. The standard InChI is InChI=1S/C12H15N3/c13-9-12-4-2-1-3-11(12)5-7-15-8-6-14-10-15/h1-4,6,8,10H,5,7,9,13H2. The van der Waals surface area contributed by atoms with Crippen LogP contribution in [0.1, 0.15) is 11.1 Å². The molecule has 2 N–H and O–H groups in total. The normalized spacial score (nSPS) is 10.5. The van der Waals surface area contributed by atoms with Crippen molar-refractivity contribution < 1.29 is 0 Å². The lowest BCUT2D eigenvalue weighted by Gasteiger charge is -2.07. The molecule has 0 spiro atoms. The van der Waals surface area contributed by atoms with E-state index in [1.54, 1.807) is 6.20 Å². The first-order valence-electron chi connectivity index (χ1n) is 5.13. The molecule has 0 amide bonds. The molecule has 0 unspecified atom stereocenters. The molecule has 1 aromatic carbocycles. The average molecular weight is 201 g/mol. The molecule has 1 aromatic heterocycles. The summed E-state index contributed by atoms with van der Waals surface area (Å²) in [4.78, 5) is 4.02. The number of aryl methyl sites for hydroxylation is 2. The molecule has 3 nitrogen and oxygen atoms in total. The smallest absolute Gasteiger partial charge is 0.0946 e. The Morgan fingerprint density at radius 2 is 2.00 bits per heavy atom. The van der Waals surface area contributed by atoms with Crippen LogP contribution in [-0.2, 0) is 19.5 Å². The van der Waals surface area contributed by atoms with Crippen molar-refractivity contribution in [2.24, 2.45) is 5.73 Å². The van der Waals surface area contributed by atoms with Crippen LogP contribution in [0.4, 0.5) is 0 Å². The molecule has 2 rings (SSSR count). The molecular formula is C12H15N3. The summed E-state index contributed by atoms with van der Waals surface area (Å²) in [5, 5.41) is 0. The fraction of sp³-hybridized carbons (Fsp3) is 0.250. The summed E-state index contributed by atoms with van der Waals surface area (Å²) >= 11 is 0. The number of aromatic nitrogens is 2. The zero-order valence-corrected chi connectivity index (χ0v) is 8.63. The van der Waals surface area contributed by atoms with E-state index in [9.17, 15) is 0 Å². The average Bonchev–Trinajstić information content (AvgIpc) is 2.79. The SMILES string of the molecule is NCc1ccccc1CCn1ccnc1. The molecule has 0 fully saturated rings. The third kappa shape index (κ3) is 2.44. The Morgan fingerprint density at radius 1 is 1.20 bits per heavy atom. The van der Waals surface area contributed by atoms with Crippen molar-refractivity contribution in [3.8, 4) is 0 Å². The zero-order chi connectivity index (χ0) is 10.5. The first-order chi connectivity index (χ1) is 7.40. The van der Waals surface area contributed by atoms with E-state index >= 15 is 0 Å². The van der Waals surface area contributed by atoms with E-state index in [4.69, 9.17) is 5.73 Å². The second-order valence-electron chi connectivity index (χ2n) is 3.52. The minimum Gasteiger partial charge on any atom is -0.337 e. The first kappa shape index (κ1) is 9.93. The fourth-order valence-electron chi connectivity index (χ4n) is 1.67. The van der Waals surface area contributed by atoms with E-state index in [-0.39, 0.29) is 0 Å². The molecule has 15 heavy (non-hydrogen) atoms. The summed E-state index contributed by atoms with van der Waals surface area (Å²) in [6.45, 7) is 1.57. The summed E-state index contributed by atoms with van der Waals surface area (Å²) in [7, 11) is 0. The molecule has 78 valence electrons. The minimum absolute atomic E-state index is 0.611. The molecule has 2 aromatic rings. The Kier molecular flexibility index (Phi) is 3.15. The minimum atomic E-state index is 0.611. The van der Waals surface area contributed by atoms with Gasteiger partial charge in [-0.15, -0.1) is 0 Å². The summed E-state index contributed by atoms with van der Waals surface area (Å²) in [5.74, 6) is 0. The van der Waals surface area contributed by atoms with Crippen LogP contribution in [0, 0.1) is 0 Å². The molecule has 0 atom stereocenters. The Morgan fingerprint density at radius 3 is 2.67 bits per heavy atom. The highest BCUT2D eigenvalue weighted by Crippen LogP contribution is 2.09. The van der Waals surface area contributed by atoms with E-state index < -0.39 is 0 Å². The van der Waals surface area contributed by atoms with Gasteiger partial charge in [-0.25, -0.2) is 4.98 Å². The van der Waals surface area contributed by atoms with Gasteiger partial charge in [0.2, 0.25) is 0 Å². The van der Waals surface area contributed by atoms with Crippen molar-refractivity contribution in [3.63, 3.8) is 0 Å². The lowest BCUT2D eigenvalue weighted by Crippen LogP contribution is -2.04. The molecule has 0 aliphatic heterocycles. The monoisotopic (exact) mass is 201 g/mol. The highest BCUT2D eigenvalue weighted by molar-refractivity contribution is 5.26. The number of imidazole rings is 1. The molecule has 0 radical (unpaired) electrons. The third-order valence-electron chi connectivity index (χ3n) is 2.54. The van der Waals surface area contributed by atoms with Gasteiger partial charge in [-0.2, -0.15) is 0 Å². The zero-order valence-electron chi connectivity index (χ0n) is 8.63. The molecule has 0 saturated heterocycles. The van der Waals surface area contributed by atoms with Crippen molar-refractivity contribution in [1.29, 1.82) is 0 Å². The second kappa shape index (κ2) is 4.75. The summed E-state index contributed by atoms with van der Waals surface area (Å²) in [5.41, 5.74) is 8.24. The van der Waals surface area contributed by atoms with Gasteiger partial charge in [0.1, 0.15) is 0 Å². The van der Waals surface area contributed by atoms with Crippen LogP contribution in [0.2, 0.25) is 0 Å². The van der Waals surface area contributed by atoms with Crippen LogP contribution >= 0.6 is 0 Å². The topological polar surface area (TPSA) is 43.8 Å². The van der Waals surface area contributed by atoms with Crippen molar-refractivity contribution >= 4 is 0 Å². The van der Waals surface area contributed by atoms with Gasteiger partial charge in [0.05, 0.1) is 6.33 Å². The molecular weight excluding hydrogens is 186 g/mol. The van der Waals surface area contributed by atoms with Crippen LogP contribution < -0.4 is 5.73 Å². The number of rotatable bonds is 4. The summed E-state index contributed by atoms with van der Waals surface area (Å²) in [6, 6.07) is 8.31. The quantitative estimate of drug-likeness (QED) is 0.816. The van der Waals surface area contributed by atoms with Crippen LogP contribution in [0.15, 0.2) is 43.0 Å². The molecule has 1 heterocycles. The van der Waals surface area contributed by atoms with Gasteiger partial charge in [0.25, 0.3) is 0 Å². The van der Waals surface area contributed by atoms with E-state index in [0.29, 0.717) is 6.54 Å². The Balaban J connectivity index is 2.04.